The van der Waals surface area contributed by atoms with Crippen molar-refractivity contribution < 1.29 is 9.53 Å². The summed E-state index contributed by atoms with van der Waals surface area (Å²) in [7, 11) is 1.62. The summed E-state index contributed by atoms with van der Waals surface area (Å²) < 4.78 is 4.85. The zero-order valence-corrected chi connectivity index (χ0v) is 9.88. The van der Waals surface area contributed by atoms with Gasteiger partial charge in [-0.3, -0.25) is 4.79 Å². The Morgan fingerprint density at radius 1 is 1.44 bits per heavy atom. The first-order valence-corrected chi connectivity index (χ1v) is 5.36. The van der Waals surface area contributed by atoms with Gasteiger partial charge in [0.15, 0.2) is 0 Å². The number of carbonyl (C=O) groups is 1. The number of para-hydroxylation sites is 1. The Bertz CT molecular complexity index is 345. The molecule has 16 heavy (non-hydrogen) atoms. The maximum Gasteiger partial charge on any atom is 0.238 e. The van der Waals surface area contributed by atoms with E-state index in [-0.39, 0.29) is 12.5 Å². The molecule has 0 aliphatic rings. The van der Waals surface area contributed by atoms with Crippen LogP contribution >= 0.6 is 11.6 Å². The third kappa shape index (κ3) is 4.61. The molecular weight excluding hydrogens is 228 g/mol. The van der Waals surface area contributed by atoms with Crippen molar-refractivity contribution in [2.75, 3.05) is 32.1 Å². The predicted octanol–water partition coefficient (Wildman–Crippen LogP) is 1.51. The van der Waals surface area contributed by atoms with E-state index in [9.17, 15) is 4.79 Å². The zero-order valence-electron chi connectivity index (χ0n) is 9.13. The number of benzene rings is 1. The quantitative estimate of drug-likeness (QED) is 0.744. The molecule has 0 heterocycles. The first-order valence-electron chi connectivity index (χ1n) is 4.98. The van der Waals surface area contributed by atoms with E-state index in [1.54, 1.807) is 19.2 Å². The predicted molar refractivity (Wildman–Crippen MR) is 64.8 cm³/mol. The van der Waals surface area contributed by atoms with Gasteiger partial charge in [-0.15, -0.1) is 0 Å². The lowest BCUT2D eigenvalue weighted by Gasteiger charge is -2.07. The van der Waals surface area contributed by atoms with E-state index in [0.717, 1.165) is 0 Å². The van der Waals surface area contributed by atoms with E-state index in [4.69, 9.17) is 16.3 Å². The van der Waals surface area contributed by atoms with Crippen molar-refractivity contribution in [3.8, 4) is 0 Å². The molecule has 0 aliphatic heterocycles. The van der Waals surface area contributed by atoms with Crippen LogP contribution in [0.5, 0.6) is 0 Å². The van der Waals surface area contributed by atoms with Gasteiger partial charge in [0.1, 0.15) is 0 Å². The summed E-state index contributed by atoms with van der Waals surface area (Å²) in [5.41, 5.74) is 0.628. The van der Waals surface area contributed by atoms with Crippen molar-refractivity contribution in [1.82, 2.24) is 5.32 Å². The molecular formula is C11H15ClN2O2. The maximum atomic E-state index is 11.5. The molecule has 1 aromatic rings. The highest BCUT2D eigenvalue weighted by molar-refractivity contribution is 6.33. The lowest BCUT2D eigenvalue weighted by atomic mass is 10.3. The van der Waals surface area contributed by atoms with Crippen LogP contribution in [-0.2, 0) is 9.53 Å². The first kappa shape index (κ1) is 13.0. The van der Waals surface area contributed by atoms with Crippen molar-refractivity contribution in [2.45, 2.75) is 0 Å². The van der Waals surface area contributed by atoms with Gasteiger partial charge in [0, 0.05) is 13.7 Å². The second-order valence-corrected chi connectivity index (χ2v) is 3.60. The monoisotopic (exact) mass is 242 g/mol. The number of amides is 1. The van der Waals surface area contributed by atoms with Crippen LogP contribution in [0, 0.1) is 0 Å². The summed E-state index contributed by atoms with van der Waals surface area (Å²) in [5.74, 6) is -0.121. The molecule has 0 aliphatic carbocycles. The first-order chi connectivity index (χ1) is 7.74. The van der Waals surface area contributed by atoms with E-state index in [2.05, 4.69) is 10.6 Å². The highest BCUT2D eigenvalue weighted by atomic mass is 35.5. The molecule has 0 saturated heterocycles. The largest absolute Gasteiger partial charge is 0.383 e. The third-order valence-corrected chi connectivity index (χ3v) is 2.25. The van der Waals surface area contributed by atoms with Crippen molar-refractivity contribution in [1.29, 1.82) is 0 Å². The minimum atomic E-state index is -0.121. The normalized spacial score (nSPS) is 10.1. The van der Waals surface area contributed by atoms with Crippen LogP contribution in [0.25, 0.3) is 0 Å². The molecule has 0 aromatic heterocycles. The molecule has 5 heteroatoms. The van der Waals surface area contributed by atoms with Gasteiger partial charge in [0.2, 0.25) is 5.91 Å². The Hall–Kier alpha value is -1.10. The van der Waals surface area contributed by atoms with Crippen molar-refractivity contribution in [2.24, 2.45) is 0 Å². The minimum Gasteiger partial charge on any atom is -0.383 e. The van der Waals surface area contributed by atoms with E-state index >= 15 is 0 Å². The zero-order chi connectivity index (χ0) is 11.8. The summed E-state index contributed by atoms with van der Waals surface area (Å²) in [5, 5.41) is 6.19. The molecule has 1 amide bonds. The van der Waals surface area contributed by atoms with Gasteiger partial charge in [0.25, 0.3) is 0 Å². The van der Waals surface area contributed by atoms with Crippen LogP contribution in [0.3, 0.4) is 0 Å². The molecule has 0 atom stereocenters. The van der Waals surface area contributed by atoms with E-state index < -0.39 is 0 Å². The topological polar surface area (TPSA) is 50.4 Å². The van der Waals surface area contributed by atoms with Gasteiger partial charge in [-0.1, -0.05) is 23.7 Å². The van der Waals surface area contributed by atoms with Crippen LogP contribution in [0.2, 0.25) is 5.02 Å². The van der Waals surface area contributed by atoms with Crippen LogP contribution in [0.4, 0.5) is 5.69 Å². The second kappa shape index (κ2) is 7.22. The highest BCUT2D eigenvalue weighted by Gasteiger charge is 2.03. The fraction of sp³-hybridized carbons (Fsp3) is 0.364. The molecule has 0 radical (unpaired) electrons. The Labute approximate surface area is 99.9 Å². The van der Waals surface area contributed by atoms with Crippen molar-refractivity contribution in [3.63, 3.8) is 0 Å². The maximum absolute atomic E-state index is 11.5. The number of methoxy groups -OCH3 is 1. The molecule has 1 aromatic carbocycles. The summed E-state index contributed by atoms with van der Waals surface area (Å²) >= 11 is 5.90. The van der Waals surface area contributed by atoms with Crippen molar-refractivity contribution >= 4 is 23.2 Å². The molecule has 0 spiro atoms. The molecule has 88 valence electrons. The summed E-state index contributed by atoms with van der Waals surface area (Å²) in [4.78, 5) is 11.5. The number of rotatable bonds is 6. The Morgan fingerprint density at radius 3 is 2.88 bits per heavy atom. The van der Waals surface area contributed by atoms with E-state index in [0.29, 0.717) is 23.9 Å². The number of anilines is 1. The van der Waals surface area contributed by atoms with Gasteiger partial charge in [0.05, 0.1) is 23.9 Å². The van der Waals surface area contributed by atoms with Crippen LogP contribution in [-0.4, -0.2) is 32.7 Å². The van der Waals surface area contributed by atoms with E-state index in [1.165, 1.54) is 0 Å². The summed E-state index contributed by atoms with van der Waals surface area (Å²) in [6, 6.07) is 7.12. The average Bonchev–Trinajstić information content (AvgIpc) is 2.28. The number of halogens is 1. The van der Waals surface area contributed by atoms with Gasteiger partial charge in [-0.05, 0) is 12.1 Å². The van der Waals surface area contributed by atoms with Crippen LogP contribution in [0.1, 0.15) is 0 Å². The lowest BCUT2D eigenvalue weighted by molar-refractivity contribution is -0.115. The molecule has 0 unspecified atom stereocenters. The standard InChI is InChI=1S/C11H15ClN2O2/c1-16-7-6-13-8-11(15)14-10-5-3-2-4-9(10)12/h2-5,13H,6-8H2,1H3,(H,14,15). The fourth-order valence-corrected chi connectivity index (χ4v) is 1.32. The number of hydrogen-bond donors (Lipinski definition) is 2. The third-order valence-electron chi connectivity index (χ3n) is 1.92. The van der Waals surface area contributed by atoms with Gasteiger partial charge >= 0.3 is 0 Å². The molecule has 0 fully saturated rings. The number of hydrogen-bond acceptors (Lipinski definition) is 3. The Kier molecular flexibility index (Phi) is 5.85. The van der Waals surface area contributed by atoms with Gasteiger partial charge in [-0.25, -0.2) is 0 Å². The molecule has 4 nitrogen and oxygen atoms in total. The molecule has 1 rings (SSSR count). The van der Waals surface area contributed by atoms with Crippen molar-refractivity contribution in [3.05, 3.63) is 29.3 Å². The SMILES string of the molecule is COCCNCC(=O)Nc1ccccc1Cl. The fourth-order valence-electron chi connectivity index (χ4n) is 1.13. The lowest BCUT2D eigenvalue weighted by Crippen LogP contribution is -2.30. The Morgan fingerprint density at radius 2 is 2.19 bits per heavy atom. The number of nitrogens with one attached hydrogen (secondary N) is 2. The minimum absolute atomic E-state index is 0.121. The summed E-state index contributed by atoms with van der Waals surface area (Å²) in [6.45, 7) is 1.47. The highest BCUT2D eigenvalue weighted by Crippen LogP contribution is 2.19. The molecule has 0 bridgehead atoms. The average molecular weight is 243 g/mol. The smallest absolute Gasteiger partial charge is 0.238 e. The van der Waals surface area contributed by atoms with Gasteiger partial charge in [-0.2, -0.15) is 0 Å². The number of carbonyl (C=O) groups excluding carboxylic acids is 1. The van der Waals surface area contributed by atoms with Crippen LogP contribution in [0.15, 0.2) is 24.3 Å². The molecule has 0 saturated carbocycles. The van der Waals surface area contributed by atoms with Crippen LogP contribution < -0.4 is 10.6 Å². The summed E-state index contributed by atoms with van der Waals surface area (Å²) in [6.07, 6.45) is 0. The second-order valence-electron chi connectivity index (χ2n) is 3.20. The number of ether oxygens (including phenoxy) is 1. The molecule has 2 N–H and O–H groups in total. The Balaban J connectivity index is 2.32. The van der Waals surface area contributed by atoms with E-state index in [1.807, 2.05) is 12.1 Å². The van der Waals surface area contributed by atoms with Gasteiger partial charge < -0.3 is 15.4 Å².